The summed E-state index contributed by atoms with van der Waals surface area (Å²) in [6.07, 6.45) is -0.605. The fourth-order valence-corrected chi connectivity index (χ4v) is 13.3. The van der Waals surface area contributed by atoms with Crippen molar-refractivity contribution in [2.45, 2.75) is 179 Å². The summed E-state index contributed by atoms with van der Waals surface area (Å²) in [6.45, 7) is 12.3. The van der Waals surface area contributed by atoms with Crippen LogP contribution in [0.25, 0.3) is 10.9 Å². The molecule has 33 nitrogen and oxygen atoms in total. The number of carbonyl (C=O) groups excluding carboxylic acids is 9. The number of esters is 1. The van der Waals surface area contributed by atoms with Crippen LogP contribution in [-0.2, 0) is 92.8 Å². The number of methoxy groups -OCH3 is 2. The Hall–Kier alpha value is -9.45. The smallest absolute Gasteiger partial charge is 0.409 e. The molecule has 11 atom stereocenters. The van der Waals surface area contributed by atoms with E-state index in [0.29, 0.717) is 55.3 Å². The number of carboxylic acids is 1. The van der Waals surface area contributed by atoms with Crippen LogP contribution >= 0.6 is 11.6 Å². The van der Waals surface area contributed by atoms with E-state index >= 15 is 0 Å². The molecule has 1 aromatic heterocycles. The lowest BCUT2D eigenvalue weighted by Gasteiger charge is -2.42. The molecule has 0 saturated carbocycles. The second-order valence-electron chi connectivity index (χ2n) is 28.2. The van der Waals surface area contributed by atoms with Gasteiger partial charge in [-0.05, 0) is 112 Å². The van der Waals surface area contributed by atoms with E-state index in [1.54, 1.807) is 64.1 Å². The van der Waals surface area contributed by atoms with E-state index in [2.05, 4.69) is 58.6 Å². The summed E-state index contributed by atoms with van der Waals surface area (Å²) in [5.74, 6) is -5.21. The van der Waals surface area contributed by atoms with Gasteiger partial charge in [-0.2, -0.15) is 0 Å². The number of nitrogens with two attached hydrogens (primary N) is 1. The van der Waals surface area contributed by atoms with Gasteiger partial charge in [0, 0.05) is 102 Å². The molecule has 2 saturated heterocycles. The summed E-state index contributed by atoms with van der Waals surface area (Å²) in [7, 11) is 8.12. The standard InChI is InChI=1S/C76H108ClN13O20/c1-45(2)67(86-63(92)28-32-105-34-35-106-33-30-80-42-53(25-26-65(94)95)83-62(91)27-31-90-54(43-88(8)79-7)39-51-17-12-13-19-56(51)90)70(97)85-55(18-15-29-81-72(78)99)69(96)84-52-23-21-49(22-24-52)44-107-73(100)82-48(5)71(98)109-61-40-64(93)89(9)57-37-50(38-58(103-10)66(57)77)36-46(3)16-14-20-60(104-11)76(102)41-59(108-74(101)87-76)47(4)68-75(61,6)110-68/h12-14,16-17,19-24,37-39,45,47-48,53,55,59-61,67-68,79-80,102H,15,18,25-36,40-44H2,1-11H3,(H,82,100)(H,83,91)(H,84,96)(H,85,97)(H,86,92)(H,87,101)(H,94,95)(H3,78,81,99)/b20-14+,46-16+/t47-,48+,53+,55+,59+,60-,61+,67+,68+,75+,76+/m1/s1. The van der Waals surface area contributed by atoms with E-state index < -0.39 is 132 Å². The number of anilines is 2. The molecule has 0 spiro atoms. The molecule has 3 aliphatic heterocycles. The number of ether oxygens (including phenoxy) is 8. The SMILES string of the molecule is CNN(C)Cc1cc2ccccc2n1CCC(=O)N[C@@H](CCC(=O)O)CNCCOCCOCCC(=O)N[C@H](C(=O)N[C@@H](CCCNC(N)=O)C(=O)Nc1ccc(COC(=O)N[C@@H](C)C(=O)O[C@H]2CC(=O)N(C)c3cc(cc(OC)c3Cl)C/C(C)=C/C=C/[C@@H](OC)[C@@]3(O)C[C@H](OC(=O)N3)[C@@H](C)[C@@H]3O[C@@]23C)cc1)C(C)C. The number of allylic oxidation sites excluding steroid dienone is 3. The molecule has 4 aromatic rings. The lowest BCUT2D eigenvalue weighted by atomic mass is 9.83. The van der Waals surface area contributed by atoms with Gasteiger partial charge < -0.3 is 101 Å². The number of hydrazine groups is 1. The van der Waals surface area contributed by atoms with E-state index in [1.807, 2.05) is 56.4 Å². The van der Waals surface area contributed by atoms with E-state index in [1.165, 1.54) is 45.2 Å². The quantitative estimate of drug-likeness (QED) is 0.00926. The number of primary amides is 1. The molecule has 110 heavy (non-hydrogen) atoms. The highest BCUT2D eigenvalue weighted by Crippen LogP contribution is 2.49. The molecule has 9 amide bonds. The third-order valence-corrected chi connectivity index (χ3v) is 19.7. The summed E-state index contributed by atoms with van der Waals surface area (Å²) in [5, 5.41) is 46.4. The average Bonchev–Trinajstić information content (AvgIpc) is 1.57. The summed E-state index contributed by atoms with van der Waals surface area (Å²) in [5.41, 5.74) is 9.80. The van der Waals surface area contributed by atoms with Gasteiger partial charge in [0.1, 0.15) is 59.4 Å². The molecule has 3 aromatic carbocycles. The first kappa shape index (κ1) is 87.8. The van der Waals surface area contributed by atoms with Crippen molar-refractivity contribution < 1.29 is 96.1 Å². The third kappa shape index (κ3) is 26.1. The Balaban J connectivity index is 0.863. The minimum Gasteiger partial charge on any atom is -0.495 e. The molecule has 3 aliphatic rings. The van der Waals surface area contributed by atoms with Crippen LogP contribution in [0.3, 0.4) is 0 Å². The number of rotatable bonds is 38. The van der Waals surface area contributed by atoms with Crippen molar-refractivity contribution in [3.8, 4) is 5.75 Å². The van der Waals surface area contributed by atoms with Gasteiger partial charge in [0.15, 0.2) is 5.72 Å². The molecule has 34 heteroatoms. The molecule has 13 N–H and O–H groups in total. The number of aliphatic carboxylic acids is 1. The van der Waals surface area contributed by atoms with Crippen molar-refractivity contribution in [2.75, 3.05) is 91.6 Å². The van der Waals surface area contributed by atoms with E-state index in [-0.39, 0.29) is 95.5 Å². The first-order chi connectivity index (χ1) is 52.3. The number of carbonyl (C=O) groups is 10. The minimum atomic E-state index is -1.92. The molecule has 0 radical (unpaired) electrons. The van der Waals surface area contributed by atoms with Gasteiger partial charge >= 0.3 is 30.2 Å². The molecular weight excluding hydrogens is 1450 g/mol. The minimum absolute atomic E-state index is 0.00388. The number of amides is 9. The molecule has 7 rings (SSSR count). The predicted octanol–water partition coefficient (Wildman–Crippen LogP) is 4.97. The molecule has 2 fully saturated rings. The summed E-state index contributed by atoms with van der Waals surface area (Å²) in [6, 6.07) is 15.0. The van der Waals surface area contributed by atoms with E-state index in [4.69, 9.17) is 55.2 Å². The second-order valence-corrected chi connectivity index (χ2v) is 28.6. The van der Waals surface area contributed by atoms with Gasteiger partial charge in [0.05, 0.1) is 58.3 Å². The number of hydrogen-bond donors (Lipinski definition) is 12. The van der Waals surface area contributed by atoms with Gasteiger partial charge in [-0.1, -0.05) is 86.5 Å². The zero-order valence-electron chi connectivity index (χ0n) is 64.3. The Morgan fingerprint density at radius 3 is 2.29 bits per heavy atom. The average molecular weight is 1560 g/mol. The Morgan fingerprint density at radius 1 is 0.882 bits per heavy atom. The van der Waals surface area contributed by atoms with Gasteiger partial charge in [-0.3, -0.25) is 39.5 Å². The highest BCUT2D eigenvalue weighted by molar-refractivity contribution is 6.35. The van der Waals surface area contributed by atoms with E-state index in [9.17, 15) is 58.2 Å². The maximum absolute atomic E-state index is 14.4. The number of hydrogen-bond acceptors (Lipinski definition) is 22. The van der Waals surface area contributed by atoms with Gasteiger partial charge in [-0.15, -0.1) is 0 Å². The fourth-order valence-electron chi connectivity index (χ4n) is 12.9. The topological polar surface area (TPSA) is 434 Å². The fraction of sp³-hybridized carbons (Fsp3) is 0.553. The van der Waals surface area contributed by atoms with Gasteiger partial charge in [0.25, 0.3) is 0 Å². The number of aryl methyl sites for hydroxylation is 1. The van der Waals surface area contributed by atoms with Crippen molar-refractivity contribution in [1.82, 2.24) is 52.2 Å². The largest absolute Gasteiger partial charge is 0.495 e. The van der Waals surface area contributed by atoms with Crippen molar-refractivity contribution in [2.24, 2.45) is 17.6 Å². The Labute approximate surface area is 645 Å². The Kier molecular flexibility index (Phi) is 33.6. The van der Waals surface area contributed by atoms with Crippen LogP contribution in [0.15, 0.2) is 90.5 Å². The molecule has 4 bridgehead atoms. The van der Waals surface area contributed by atoms with Crippen LogP contribution in [0.1, 0.15) is 110 Å². The number of aromatic nitrogens is 1. The number of aliphatic hydroxyl groups is 1. The second kappa shape index (κ2) is 42.1. The zero-order valence-corrected chi connectivity index (χ0v) is 65.1. The Bertz CT molecular complexity index is 3900. The lowest BCUT2D eigenvalue weighted by molar-refractivity contribution is -0.155. The van der Waals surface area contributed by atoms with Crippen molar-refractivity contribution in [3.05, 3.63) is 112 Å². The van der Waals surface area contributed by atoms with Crippen LogP contribution in [0.5, 0.6) is 5.75 Å². The first-order valence-electron chi connectivity index (χ1n) is 36.7. The number of alkyl carbamates (subject to hydrolysis) is 2. The van der Waals surface area contributed by atoms with Crippen LogP contribution in [0, 0.1) is 11.8 Å². The van der Waals surface area contributed by atoms with Crippen LogP contribution in [0.2, 0.25) is 5.02 Å². The highest BCUT2D eigenvalue weighted by Gasteiger charge is 2.64. The van der Waals surface area contributed by atoms with Crippen LogP contribution < -0.4 is 63.3 Å². The van der Waals surface area contributed by atoms with E-state index in [0.717, 1.165) is 27.7 Å². The number of halogens is 1. The molecule has 4 heterocycles. The first-order valence-corrected chi connectivity index (χ1v) is 37.1. The van der Waals surface area contributed by atoms with Gasteiger partial charge in [0.2, 0.25) is 29.5 Å². The number of epoxide rings is 1. The molecular formula is C76H108ClN13O20. The number of urea groups is 1. The zero-order chi connectivity index (χ0) is 80.4. The lowest BCUT2D eigenvalue weighted by Crippen LogP contribution is -2.63. The monoisotopic (exact) mass is 1560 g/mol. The number of fused-ring (bicyclic) bond motifs is 6. The van der Waals surface area contributed by atoms with Gasteiger partial charge in [-0.25, -0.2) is 24.2 Å². The summed E-state index contributed by atoms with van der Waals surface area (Å²) < 4.78 is 48.3. The predicted molar refractivity (Wildman–Crippen MR) is 407 cm³/mol. The number of para-hydroxylation sites is 1. The molecule has 0 unspecified atom stereocenters. The molecule has 0 aliphatic carbocycles. The van der Waals surface area contributed by atoms with Crippen molar-refractivity contribution in [3.63, 3.8) is 0 Å². The number of nitrogens with zero attached hydrogens (tertiary/aromatic N) is 3. The number of benzene rings is 3. The highest BCUT2D eigenvalue weighted by atomic mass is 35.5. The number of nitrogens with one attached hydrogen (secondary N) is 9. The van der Waals surface area contributed by atoms with Crippen LogP contribution in [0.4, 0.5) is 25.8 Å². The number of carboxylic acid groups (broad SMARTS) is 1. The van der Waals surface area contributed by atoms with Crippen molar-refractivity contribution >= 4 is 93.6 Å². The Morgan fingerprint density at radius 2 is 1.60 bits per heavy atom. The van der Waals surface area contributed by atoms with Crippen molar-refractivity contribution in [1.29, 1.82) is 0 Å². The maximum Gasteiger partial charge on any atom is 0.409 e. The normalized spacial score (nSPS) is 21.8. The molecule has 604 valence electrons. The summed E-state index contributed by atoms with van der Waals surface area (Å²) >= 11 is 6.84. The summed E-state index contributed by atoms with van der Waals surface area (Å²) in [4.78, 5) is 133. The maximum atomic E-state index is 14.4. The van der Waals surface area contributed by atoms with Crippen LogP contribution in [-0.4, -0.2) is 221 Å². The third-order valence-electron chi connectivity index (χ3n) is 19.3.